The van der Waals surface area contributed by atoms with Crippen LogP contribution < -0.4 is 5.43 Å². The number of amides is 1. The molecule has 0 radical (unpaired) electrons. The van der Waals surface area contributed by atoms with E-state index >= 15 is 0 Å². The highest BCUT2D eigenvalue weighted by Crippen LogP contribution is 1.98. The third-order valence-corrected chi connectivity index (χ3v) is 2.08. The summed E-state index contributed by atoms with van der Waals surface area (Å²) in [5.41, 5.74) is 2.97. The lowest BCUT2D eigenvalue weighted by Crippen LogP contribution is -2.23. The molecule has 0 heterocycles. The fourth-order valence-corrected chi connectivity index (χ4v) is 1.16. The van der Waals surface area contributed by atoms with Crippen LogP contribution in [0.3, 0.4) is 0 Å². The molecule has 0 saturated carbocycles. The van der Waals surface area contributed by atoms with Crippen molar-refractivity contribution in [3.8, 4) is 0 Å². The monoisotopic (exact) mass is 234 g/mol. The summed E-state index contributed by atoms with van der Waals surface area (Å²) in [6.07, 6.45) is 0.391. The van der Waals surface area contributed by atoms with Crippen LogP contribution in [0.25, 0.3) is 0 Å². The largest absolute Gasteiger partial charge is 0.464 e. The summed E-state index contributed by atoms with van der Waals surface area (Å²) in [5.74, 6) is -0.902. The number of rotatable bonds is 4. The van der Waals surface area contributed by atoms with Crippen LogP contribution in [0.2, 0.25) is 0 Å². The van der Waals surface area contributed by atoms with Crippen molar-refractivity contribution in [1.82, 2.24) is 5.43 Å². The molecule has 0 aliphatic carbocycles. The lowest BCUT2D eigenvalue weighted by Gasteiger charge is -2.02. The van der Waals surface area contributed by atoms with Gasteiger partial charge < -0.3 is 4.74 Å². The molecule has 1 N–H and O–H groups in total. The Balaban J connectivity index is 2.69. The first-order chi connectivity index (χ1) is 8.19. The zero-order valence-corrected chi connectivity index (χ0v) is 9.77. The van der Waals surface area contributed by atoms with Gasteiger partial charge in [-0.2, -0.15) is 5.10 Å². The molecule has 0 bridgehead atoms. The van der Waals surface area contributed by atoms with E-state index in [9.17, 15) is 9.59 Å². The number of nitrogens with zero attached hydrogens (tertiary/aromatic N) is 1. The average Bonchev–Trinajstić information content (AvgIpc) is 2.39. The summed E-state index contributed by atoms with van der Waals surface area (Å²) >= 11 is 0. The average molecular weight is 234 g/mol. The van der Waals surface area contributed by atoms with E-state index in [0.29, 0.717) is 12.0 Å². The number of carbonyl (C=O) groups is 2. The summed E-state index contributed by atoms with van der Waals surface area (Å²) in [7, 11) is 1.27. The van der Waals surface area contributed by atoms with Crippen LogP contribution in [0.4, 0.5) is 0 Å². The van der Waals surface area contributed by atoms with Gasteiger partial charge in [-0.1, -0.05) is 25.1 Å². The third kappa shape index (κ3) is 3.71. The molecule has 17 heavy (non-hydrogen) atoms. The number of carbonyl (C=O) groups excluding carboxylic acids is 2. The van der Waals surface area contributed by atoms with Gasteiger partial charge in [-0.25, -0.2) is 10.2 Å². The van der Waals surface area contributed by atoms with Crippen molar-refractivity contribution in [2.75, 3.05) is 7.11 Å². The Labute approximate surface area is 99.5 Å². The zero-order chi connectivity index (χ0) is 12.7. The first-order valence-electron chi connectivity index (χ1n) is 5.19. The molecule has 0 atom stereocenters. The van der Waals surface area contributed by atoms with Crippen LogP contribution in [-0.2, 0) is 9.53 Å². The van der Waals surface area contributed by atoms with Gasteiger partial charge >= 0.3 is 5.97 Å². The molecule has 5 heteroatoms. The van der Waals surface area contributed by atoms with Crippen LogP contribution >= 0.6 is 0 Å². The Morgan fingerprint density at radius 1 is 1.29 bits per heavy atom. The summed E-state index contributed by atoms with van der Waals surface area (Å²) in [6, 6.07) is 8.63. The summed E-state index contributed by atoms with van der Waals surface area (Å²) in [5, 5.41) is 3.73. The minimum Gasteiger partial charge on any atom is -0.464 e. The van der Waals surface area contributed by atoms with E-state index in [0.717, 1.165) is 0 Å². The van der Waals surface area contributed by atoms with Crippen molar-refractivity contribution < 1.29 is 14.3 Å². The minimum atomic E-state index is -0.541. The fourth-order valence-electron chi connectivity index (χ4n) is 1.16. The second-order valence-electron chi connectivity index (χ2n) is 3.21. The molecule has 0 aromatic heterocycles. The van der Waals surface area contributed by atoms with E-state index in [1.807, 2.05) is 6.07 Å². The van der Waals surface area contributed by atoms with Crippen molar-refractivity contribution in [3.63, 3.8) is 0 Å². The van der Waals surface area contributed by atoms with Crippen LogP contribution in [-0.4, -0.2) is 24.7 Å². The SMILES string of the molecule is CC/C(=N/NC(=O)c1ccccc1)C(=O)OC. The Hall–Kier alpha value is -2.17. The maximum atomic E-state index is 11.6. The summed E-state index contributed by atoms with van der Waals surface area (Å²) in [4.78, 5) is 22.8. The van der Waals surface area contributed by atoms with E-state index in [-0.39, 0.29) is 11.6 Å². The number of hydrazone groups is 1. The molecule has 0 unspecified atom stereocenters. The van der Waals surface area contributed by atoms with Crippen LogP contribution in [0, 0.1) is 0 Å². The molecule has 1 rings (SSSR count). The highest BCUT2D eigenvalue weighted by Gasteiger charge is 2.10. The number of benzene rings is 1. The Morgan fingerprint density at radius 2 is 1.94 bits per heavy atom. The standard InChI is InChI=1S/C12H14N2O3/c1-3-10(12(16)17-2)13-14-11(15)9-7-5-4-6-8-9/h4-8H,3H2,1-2H3,(H,14,15)/b13-10-. The van der Waals surface area contributed by atoms with Crippen molar-refractivity contribution in [1.29, 1.82) is 0 Å². The molecule has 90 valence electrons. The minimum absolute atomic E-state index is 0.178. The maximum Gasteiger partial charge on any atom is 0.354 e. The predicted molar refractivity (Wildman–Crippen MR) is 63.7 cm³/mol. The number of hydrogen-bond acceptors (Lipinski definition) is 4. The first kappa shape index (κ1) is 12.9. The van der Waals surface area contributed by atoms with Gasteiger partial charge in [-0.15, -0.1) is 0 Å². The molecule has 1 aromatic carbocycles. The van der Waals surface area contributed by atoms with Gasteiger partial charge in [0, 0.05) is 5.56 Å². The topological polar surface area (TPSA) is 67.8 Å². The number of hydrogen-bond donors (Lipinski definition) is 1. The molecule has 1 amide bonds. The van der Waals surface area contributed by atoms with Crippen molar-refractivity contribution in [2.24, 2.45) is 5.10 Å². The number of esters is 1. The number of nitrogens with one attached hydrogen (secondary N) is 1. The van der Waals surface area contributed by atoms with Gasteiger partial charge in [0.15, 0.2) is 0 Å². The van der Waals surface area contributed by atoms with Crippen molar-refractivity contribution in [3.05, 3.63) is 35.9 Å². The summed E-state index contributed by atoms with van der Waals surface area (Å²) < 4.78 is 4.52. The number of ether oxygens (including phenoxy) is 1. The van der Waals surface area contributed by atoms with Crippen LogP contribution in [0.5, 0.6) is 0 Å². The smallest absolute Gasteiger partial charge is 0.354 e. The Kier molecular flexibility index (Phi) is 4.87. The molecule has 5 nitrogen and oxygen atoms in total. The predicted octanol–water partition coefficient (Wildman–Crippen LogP) is 1.36. The number of methoxy groups -OCH3 is 1. The fraction of sp³-hybridized carbons (Fsp3) is 0.250. The highest BCUT2D eigenvalue weighted by molar-refractivity contribution is 6.36. The lowest BCUT2D eigenvalue weighted by molar-refractivity contribution is -0.132. The van der Waals surface area contributed by atoms with E-state index in [1.165, 1.54) is 7.11 Å². The van der Waals surface area contributed by atoms with Gasteiger partial charge in [-0.3, -0.25) is 4.79 Å². The van der Waals surface area contributed by atoms with Crippen molar-refractivity contribution in [2.45, 2.75) is 13.3 Å². The van der Waals surface area contributed by atoms with E-state index in [2.05, 4.69) is 15.3 Å². The Morgan fingerprint density at radius 3 is 2.47 bits per heavy atom. The molecule has 0 aliphatic rings. The zero-order valence-electron chi connectivity index (χ0n) is 9.77. The normalized spacial score (nSPS) is 10.8. The molecular formula is C12H14N2O3. The molecule has 0 fully saturated rings. The van der Waals surface area contributed by atoms with Crippen LogP contribution in [0.1, 0.15) is 23.7 Å². The quantitative estimate of drug-likeness (QED) is 0.486. The van der Waals surface area contributed by atoms with Gasteiger partial charge in [0.25, 0.3) is 5.91 Å². The van der Waals surface area contributed by atoms with Crippen molar-refractivity contribution >= 4 is 17.6 Å². The van der Waals surface area contributed by atoms with E-state index in [1.54, 1.807) is 31.2 Å². The third-order valence-electron chi connectivity index (χ3n) is 2.08. The lowest BCUT2D eigenvalue weighted by atomic mass is 10.2. The Bertz CT molecular complexity index is 427. The molecule has 0 spiro atoms. The first-order valence-corrected chi connectivity index (χ1v) is 5.19. The second-order valence-corrected chi connectivity index (χ2v) is 3.21. The van der Waals surface area contributed by atoms with E-state index < -0.39 is 5.97 Å². The second kappa shape index (κ2) is 6.42. The molecule has 1 aromatic rings. The van der Waals surface area contributed by atoms with Gasteiger partial charge in [0.1, 0.15) is 5.71 Å². The van der Waals surface area contributed by atoms with Gasteiger partial charge in [-0.05, 0) is 18.6 Å². The van der Waals surface area contributed by atoms with Gasteiger partial charge in [0.05, 0.1) is 7.11 Å². The van der Waals surface area contributed by atoms with E-state index in [4.69, 9.17) is 0 Å². The van der Waals surface area contributed by atoms with Gasteiger partial charge in [0.2, 0.25) is 0 Å². The summed E-state index contributed by atoms with van der Waals surface area (Å²) in [6.45, 7) is 1.75. The van der Waals surface area contributed by atoms with Crippen LogP contribution in [0.15, 0.2) is 35.4 Å². The highest BCUT2D eigenvalue weighted by atomic mass is 16.5. The maximum absolute atomic E-state index is 11.6. The molecular weight excluding hydrogens is 220 g/mol. The molecule has 0 aliphatic heterocycles. The molecule has 0 saturated heterocycles.